The van der Waals surface area contributed by atoms with Gasteiger partial charge in [0.25, 0.3) is 11.1 Å². The second-order valence-corrected chi connectivity index (χ2v) is 7.73. The van der Waals surface area contributed by atoms with E-state index in [1.54, 1.807) is 30.3 Å². The molecule has 1 aliphatic heterocycles. The summed E-state index contributed by atoms with van der Waals surface area (Å²) in [6.07, 6.45) is 2.59. The van der Waals surface area contributed by atoms with E-state index in [0.29, 0.717) is 0 Å². The Morgan fingerprint density at radius 3 is 2.63 bits per heavy atom. The number of carbonyl (C=O) groups is 3. The summed E-state index contributed by atoms with van der Waals surface area (Å²) in [6, 6.07) is 12.6. The van der Waals surface area contributed by atoms with Gasteiger partial charge in [0, 0.05) is 5.69 Å². The van der Waals surface area contributed by atoms with Crippen LogP contribution in [0.25, 0.3) is 6.08 Å². The molecule has 0 radical (unpaired) electrons. The maximum absolute atomic E-state index is 13.2. The third-order valence-corrected chi connectivity index (χ3v) is 5.28. The fourth-order valence-corrected chi connectivity index (χ4v) is 3.49. The van der Waals surface area contributed by atoms with Gasteiger partial charge in [0.15, 0.2) is 0 Å². The smallest absolute Gasteiger partial charge is 0.294 e. The molecule has 1 N–H and O–H groups in total. The molecule has 1 heterocycles. The van der Waals surface area contributed by atoms with E-state index in [9.17, 15) is 18.8 Å². The minimum Gasteiger partial charge on any atom is -0.491 e. The fraction of sp³-hybridized carbons (Fsp3) is 0.227. The third kappa shape index (κ3) is 5.48. The minimum absolute atomic E-state index is 0.103. The normalized spacial score (nSPS) is 16.1. The van der Waals surface area contributed by atoms with Gasteiger partial charge in [0.05, 0.1) is 11.0 Å². The van der Waals surface area contributed by atoms with Crippen LogP contribution in [0, 0.1) is 5.82 Å². The molecule has 156 valence electrons. The van der Waals surface area contributed by atoms with E-state index in [1.165, 1.54) is 18.2 Å². The van der Waals surface area contributed by atoms with E-state index < -0.39 is 29.4 Å². The highest BCUT2D eigenvalue weighted by Crippen LogP contribution is 2.32. The molecule has 0 spiro atoms. The first-order valence-electron chi connectivity index (χ1n) is 9.43. The van der Waals surface area contributed by atoms with Crippen LogP contribution in [0.4, 0.5) is 14.9 Å². The number of nitrogens with zero attached hydrogens (tertiary/aromatic N) is 1. The summed E-state index contributed by atoms with van der Waals surface area (Å²) in [5, 5.41) is 1.94. The zero-order chi connectivity index (χ0) is 21.7. The van der Waals surface area contributed by atoms with Gasteiger partial charge >= 0.3 is 0 Å². The Bertz CT molecular complexity index is 991. The summed E-state index contributed by atoms with van der Waals surface area (Å²) in [5.74, 6) is -0.902. The number of ether oxygens (including phenoxy) is 1. The second kappa shape index (κ2) is 9.58. The lowest BCUT2D eigenvalue weighted by Crippen LogP contribution is -2.36. The average Bonchev–Trinajstić information content (AvgIpc) is 2.96. The summed E-state index contributed by atoms with van der Waals surface area (Å²) in [7, 11) is 0. The zero-order valence-corrected chi connectivity index (χ0v) is 17.4. The quantitative estimate of drug-likeness (QED) is 0.648. The number of thioether (sulfide) groups is 1. The standard InChI is InChI=1S/C22H21FN2O4S/c1-3-14(2)29-18-9-7-15(8-10-18)11-19-21(27)25(22(28)30-19)13-20(26)24-17-6-4-5-16(23)12-17/h4-12,14H,3,13H2,1-2H3,(H,24,26)/b19-11+/t14-/m1/s1. The topological polar surface area (TPSA) is 75.7 Å². The van der Waals surface area contributed by atoms with Gasteiger partial charge in [-0.2, -0.15) is 0 Å². The molecule has 8 heteroatoms. The molecule has 0 bridgehead atoms. The van der Waals surface area contributed by atoms with E-state index in [0.717, 1.165) is 40.5 Å². The molecule has 1 atom stereocenters. The monoisotopic (exact) mass is 428 g/mol. The lowest BCUT2D eigenvalue weighted by atomic mass is 10.2. The molecule has 0 unspecified atom stereocenters. The SMILES string of the molecule is CC[C@@H](C)Oc1ccc(/C=C2/SC(=O)N(CC(=O)Nc3cccc(F)c3)C2=O)cc1. The number of hydrogen-bond acceptors (Lipinski definition) is 5. The van der Waals surface area contributed by atoms with E-state index in [1.807, 2.05) is 13.8 Å². The van der Waals surface area contributed by atoms with Crippen molar-refractivity contribution in [1.82, 2.24) is 4.90 Å². The van der Waals surface area contributed by atoms with Gasteiger partial charge in [-0.25, -0.2) is 4.39 Å². The Morgan fingerprint density at radius 2 is 1.97 bits per heavy atom. The van der Waals surface area contributed by atoms with Gasteiger partial charge in [0.1, 0.15) is 18.1 Å². The first-order valence-corrected chi connectivity index (χ1v) is 10.2. The van der Waals surface area contributed by atoms with Crippen molar-refractivity contribution in [3.05, 3.63) is 64.8 Å². The molecule has 6 nitrogen and oxygen atoms in total. The number of nitrogens with one attached hydrogen (secondary N) is 1. The maximum atomic E-state index is 13.2. The van der Waals surface area contributed by atoms with Gasteiger partial charge in [0.2, 0.25) is 5.91 Å². The molecule has 2 aromatic carbocycles. The maximum Gasteiger partial charge on any atom is 0.294 e. The van der Waals surface area contributed by atoms with Crippen molar-refractivity contribution >= 4 is 40.6 Å². The molecule has 1 aliphatic rings. The molecule has 1 fully saturated rings. The lowest BCUT2D eigenvalue weighted by Gasteiger charge is -2.12. The molecule has 1 saturated heterocycles. The van der Waals surface area contributed by atoms with E-state index in [4.69, 9.17) is 4.74 Å². The first-order chi connectivity index (χ1) is 14.4. The van der Waals surface area contributed by atoms with Gasteiger partial charge in [-0.3, -0.25) is 19.3 Å². The van der Waals surface area contributed by atoms with Crippen molar-refractivity contribution in [1.29, 1.82) is 0 Å². The number of amides is 3. The Labute approximate surface area is 178 Å². The Kier molecular flexibility index (Phi) is 6.89. The zero-order valence-electron chi connectivity index (χ0n) is 16.6. The minimum atomic E-state index is -0.587. The number of benzene rings is 2. The van der Waals surface area contributed by atoms with Crippen molar-refractivity contribution in [2.45, 2.75) is 26.4 Å². The molecular formula is C22H21FN2O4S. The molecular weight excluding hydrogens is 407 g/mol. The van der Waals surface area contributed by atoms with Crippen LogP contribution in [-0.4, -0.2) is 34.6 Å². The Balaban J connectivity index is 1.64. The largest absolute Gasteiger partial charge is 0.491 e. The predicted molar refractivity (Wildman–Crippen MR) is 115 cm³/mol. The van der Waals surface area contributed by atoms with E-state index >= 15 is 0 Å². The molecule has 3 rings (SSSR count). The number of halogens is 1. The highest BCUT2D eigenvalue weighted by atomic mass is 32.2. The molecule has 30 heavy (non-hydrogen) atoms. The van der Waals surface area contributed by atoms with Gasteiger partial charge in [-0.05, 0) is 67.1 Å². The van der Waals surface area contributed by atoms with Crippen molar-refractivity contribution in [3.8, 4) is 5.75 Å². The summed E-state index contributed by atoms with van der Waals surface area (Å²) < 4.78 is 18.9. The van der Waals surface area contributed by atoms with Crippen molar-refractivity contribution in [2.24, 2.45) is 0 Å². The third-order valence-electron chi connectivity index (χ3n) is 4.37. The highest BCUT2D eigenvalue weighted by molar-refractivity contribution is 8.18. The molecule has 0 aromatic heterocycles. The van der Waals surface area contributed by atoms with Gasteiger partial charge < -0.3 is 10.1 Å². The van der Waals surface area contributed by atoms with Crippen LogP contribution in [0.1, 0.15) is 25.8 Å². The fourth-order valence-electron chi connectivity index (χ4n) is 2.66. The van der Waals surface area contributed by atoms with Crippen molar-refractivity contribution in [2.75, 3.05) is 11.9 Å². The number of carbonyl (C=O) groups excluding carboxylic acids is 3. The lowest BCUT2D eigenvalue weighted by molar-refractivity contribution is -0.127. The summed E-state index contributed by atoms with van der Waals surface area (Å²) in [6.45, 7) is 3.57. The van der Waals surface area contributed by atoms with Gasteiger partial charge in [-0.1, -0.05) is 25.1 Å². The van der Waals surface area contributed by atoms with E-state index in [-0.39, 0.29) is 16.7 Å². The average molecular weight is 428 g/mol. The number of imide groups is 1. The molecule has 2 aromatic rings. The van der Waals surface area contributed by atoms with Crippen molar-refractivity contribution in [3.63, 3.8) is 0 Å². The molecule has 3 amide bonds. The van der Waals surface area contributed by atoms with E-state index in [2.05, 4.69) is 5.32 Å². The summed E-state index contributed by atoms with van der Waals surface area (Å²) >= 11 is 0.773. The molecule has 0 saturated carbocycles. The Hall–Kier alpha value is -3.13. The number of hydrogen-bond donors (Lipinski definition) is 1. The first kappa shape index (κ1) is 21.6. The highest BCUT2D eigenvalue weighted by Gasteiger charge is 2.36. The molecule has 0 aliphatic carbocycles. The predicted octanol–water partition coefficient (Wildman–Crippen LogP) is 4.68. The van der Waals surface area contributed by atoms with Gasteiger partial charge in [-0.15, -0.1) is 0 Å². The van der Waals surface area contributed by atoms with Crippen LogP contribution < -0.4 is 10.1 Å². The Morgan fingerprint density at radius 1 is 1.23 bits per heavy atom. The van der Waals surface area contributed by atoms with Crippen LogP contribution in [0.3, 0.4) is 0 Å². The van der Waals surface area contributed by atoms with Crippen LogP contribution >= 0.6 is 11.8 Å². The van der Waals surface area contributed by atoms with Crippen LogP contribution in [0.2, 0.25) is 0 Å². The summed E-state index contributed by atoms with van der Waals surface area (Å²) in [5.41, 5.74) is 0.989. The van der Waals surface area contributed by atoms with Crippen LogP contribution in [0.15, 0.2) is 53.4 Å². The second-order valence-electron chi connectivity index (χ2n) is 6.73. The van der Waals surface area contributed by atoms with Crippen molar-refractivity contribution < 1.29 is 23.5 Å². The van der Waals surface area contributed by atoms with Crippen LogP contribution in [-0.2, 0) is 9.59 Å². The van der Waals surface area contributed by atoms with Crippen LogP contribution in [0.5, 0.6) is 5.75 Å². The number of anilines is 1. The summed E-state index contributed by atoms with van der Waals surface area (Å²) in [4.78, 5) is 38.0. The number of rotatable bonds is 7.